The Morgan fingerprint density at radius 1 is 1.43 bits per heavy atom. The number of alkyl halides is 3. The SMILES string of the molecule is CN(CC(=O)N1CCCC(C(F)(F)F)C1)Cc1cccc(Cl)c1. The predicted octanol–water partition coefficient (Wildman–Crippen LogP) is 3.57. The van der Waals surface area contributed by atoms with Gasteiger partial charge in [-0.1, -0.05) is 23.7 Å². The number of hydrogen-bond acceptors (Lipinski definition) is 2. The number of carbonyl (C=O) groups excluding carboxylic acids is 1. The number of nitrogens with zero attached hydrogens (tertiary/aromatic N) is 2. The molecule has 23 heavy (non-hydrogen) atoms. The molecule has 1 aliphatic heterocycles. The van der Waals surface area contributed by atoms with Gasteiger partial charge in [0.25, 0.3) is 0 Å². The van der Waals surface area contributed by atoms with Crippen LogP contribution in [0.5, 0.6) is 0 Å². The van der Waals surface area contributed by atoms with Crippen LogP contribution in [0.4, 0.5) is 13.2 Å². The minimum atomic E-state index is -4.23. The van der Waals surface area contributed by atoms with Gasteiger partial charge in [-0.05, 0) is 37.6 Å². The largest absolute Gasteiger partial charge is 0.393 e. The van der Waals surface area contributed by atoms with Crippen LogP contribution in [0.25, 0.3) is 0 Å². The highest BCUT2D eigenvalue weighted by atomic mass is 35.5. The molecule has 1 aromatic rings. The van der Waals surface area contributed by atoms with Gasteiger partial charge in [0, 0.05) is 24.7 Å². The highest BCUT2D eigenvalue weighted by Gasteiger charge is 2.42. The van der Waals surface area contributed by atoms with Crippen LogP contribution in [0.1, 0.15) is 18.4 Å². The standard InChI is InChI=1S/C16H20ClF3N2O/c1-21(9-12-4-2-6-14(17)8-12)11-15(23)22-7-3-5-13(10-22)16(18,19)20/h2,4,6,8,13H,3,5,7,9-11H2,1H3. The molecule has 1 aromatic carbocycles. The Morgan fingerprint density at radius 2 is 2.17 bits per heavy atom. The average Bonchev–Trinajstić information content (AvgIpc) is 2.46. The van der Waals surface area contributed by atoms with Crippen molar-refractivity contribution in [2.24, 2.45) is 5.92 Å². The molecule has 1 unspecified atom stereocenters. The Kier molecular flexibility index (Phi) is 5.92. The molecule has 128 valence electrons. The van der Waals surface area contributed by atoms with Crippen LogP contribution in [0.15, 0.2) is 24.3 Å². The summed E-state index contributed by atoms with van der Waals surface area (Å²) in [5, 5.41) is 0.617. The second kappa shape index (κ2) is 7.53. The maximum atomic E-state index is 12.8. The highest BCUT2D eigenvalue weighted by Crippen LogP contribution is 2.33. The molecule has 0 aromatic heterocycles. The molecule has 1 saturated heterocycles. The van der Waals surface area contributed by atoms with E-state index in [1.807, 2.05) is 18.2 Å². The molecule has 1 aliphatic rings. The number of hydrogen-bond donors (Lipinski definition) is 0. The van der Waals surface area contributed by atoms with E-state index in [4.69, 9.17) is 11.6 Å². The van der Waals surface area contributed by atoms with E-state index in [0.717, 1.165) is 5.56 Å². The molecule has 0 saturated carbocycles. The van der Waals surface area contributed by atoms with Crippen LogP contribution in [-0.4, -0.2) is 48.6 Å². The second-order valence-corrected chi connectivity index (χ2v) is 6.46. The van der Waals surface area contributed by atoms with Crippen molar-refractivity contribution in [3.63, 3.8) is 0 Å². The highest BCUT2D eigenvalue weighted by molar-refractivity contribution is 6.30. The topological polar surface area (TPSA) is 23.6 Å². The van der Waals surface area contributed by atoms with Crippen LogP contribution in [0.2, 0.25) is 5.02 Å². The van der Waals surface area contributed by atoms with Crippen molar-refractivity contribution in [3.8, 4) is 0 Å². The van der Waals surface area contributed by atoms with E-state index in [1.165, 1.54) is 4.90 Å². The summed E-state index contributed by atoms with van der Waals surface area (Å²) < 4.78 is 38.4. The molecule has 0 N–H and O–H groups in total. The first kappa shape index (κ1) is 18.1. The summed E-state index contributed by atoms with van der Waals surface area (Å²) in [6.07, 6.45) is -3.73. The summed E-state index contributed by atoms with van der Waals surface area (Å²) in [5.41, 5.74) is 0.958. The molecular formula is C16H20ClF3N2O. The lowest BCUT2D eigenvalue weighted by molar-refractivity contribution is -0.188. The maximum absolute atomic E-state index is 12.8. The Morgan fingerprint density at radius 3 is 2.83 bits per heavy atom. The lowest BCUT2D eigenvalue weighted by Gasteiger charge is -2.34. The van der Waals surface area contributed by atoms with Crippen molar-refractivity contribution >= 4 is 17.5 Å². The molecule has 7 heteroatoms. The zero-order chi connectivity index (χ0) is 17.0. The summed E-state index contributed by atoms with van der Waals surface area (Å²) in [4.78, 5) is 15.3. The van der Waals surface area contributed by atoms with Gasteiger partial charge in [-0.15, -0.1) is 0 Å². The molecule has 2 rings (SSSR count). The Hall–Kier alpha value is -1.27. The lowest BCUT2D eigenvalue weighted by Crippen LogP contribution is -2.47. The maximum Gasteiger partial charge on any atom is 0.393 e. The van der Waals surface area contributed by atoms with E-state index < -0.39 is 12.1 Å². The molecule has 1 fully saturated rings. The minimum Gasteiger partial charge on any atom is -0.341 e. The first-order valence-electron chi connectivity index (χ1n) is 7.53. The molecule has 0 bridgehead atoms. The fraction of sp³-hybridized carbons (Fsp3) is 0.562. The Labute approximate surface area is 139 Å². The molecule has 1 heterocycles. The second-order valence-electron chi connectivity index (χ2n) is 6.02. The molecule has 0 radical (unpaired) electrons. The van der Waals surface area contributed by atoms with Crippen LogP contribution >= 0.6 is 11.6 Å². The number of likely N-dealkylation sites (N-methyl/N-ethyl adjacent to an activating group) is 1. The zero-order valence-electron chi connectivity index (χ0n) is 12.9. The first-order chi connectivity index (χ1) is 10.8. The summed E-state index contributed by atoms with van der Waals surface area (Å²) in [7, 11) is 1.77. The monoisotopic (exact) mass is 348 g/mol. The van der Waals surface area contributed by atoms with Gasteiger partial charge in [-0.3, -0.25) is 9.69 Å². The number of likely N-dealkylation sites (tertiary alicyclic amines) is 1. The van der Waals surface area contributed by atoms with Crippen molar-refractivity contribution in [1.82, 2.24) is 9.80 Å². The third-order valence-electron chi connectivity index (χ3n) is 3.98. The van der Waals surface area contributed by atoms with Crippen LogP contribution in [0, 0.1) is 5.92 Å². The molecular weight excluding hydrogens is 329 g/mol. The third-order valence-corrected chi connectivity index (χ3v) is 4.22. The predicted molar refractivity (Wildman–Crippen MR) is 83.1 cm³/mol. The van der Waals surface area contributed by atoms with Gasteiger partial charge in [0.1, 0.15) is 0 Å². The number of piperidine rings is 1. The van der Waals surface area contributed by atoms with E-state index in [1.54, 1.807) is 18.0 Å². The Bertz CT molecular complexity index is 550. The van der Waals surface area contributed by atoms with E-state index in [9.17, 15) is 18.0 Å². The number of halogens is 4. The number of amides is 1. The van der Waals surface area contributed by atoms with Gasteiger partial charge in [-0.25, -0.2) is 0 Å². The average molecular weight is 349 g/mol. The summed E-state index contributed by atoms with van der Waals surface area (Å²) in [5.74, 6) is -1.66. The fourth-order valence-corrected chi connectivity index (χ4v) is 3.02. The van der Waals surface area contributed by atoms with Gasteiger partial charge >= 0.3 is 6.18 Å². The molecule has 0 aliphatic carbocycles. The van der Waals surface area contributed by atoms with Crippen molar-refractivity contribution in [2.45, 2.75) is 25.6 Å². The summed E-state index contributed by atoms with van der Waals surface area (Å²) in [6.45, 7) is 0.781. The number of rotatable bonds is 4. The van der Waals surface area contributed by atoms with Gasteiger partial charge in [0.05, 0.1) is 12.5 Å². The summed E-state index contributed by atoms with van der Waals surface area (Å²) >= 11 is 5.91. The van der Waals surface area contributed by atoms with Crippen LogP contribution in [0.3, 0.4) is 0 Å². The van der Waals surface area contributed by atoms with Gasteiger partial charge in [-0.2, -0.15) is 13.2 Å². The zero-order valence-corrected chi connectivity index (χ0v) is 13.7. The smallest absolute Gasteiger partial charge is 0.341 e. The normalized spacial score (nSPS) is 19.2. The number of carbonyl (C=O) groups is 1. The minimum absolute atomic E-state index is 0.0943. The molecule has 1 amide bonds. The summed E-state index contributed by atoms with van der Waals surface area (Å²) in [6, 6.07) is 7.30. The van der Waals surface area contributed by atoms with E-state index in [-0.39, 0.29) is 25.4 Å². The van der Waals surface area contributed by atoms with E-state index >= 15 is 0 Å². The van der Waals surface area contributed by atoms with Crippen molar-refractivity contribution in [2.75, 3.05) is 26.7 Å². The van der Waals surface area contributed by atoms with Crippen LogP contribution in [-0.2, 0) is 11.3 Å². The molecule has 0 spiro atoms. The number of benzene rings is 1. The van der Waals surface area contributed by atoms with Crippen LogP contribution < -0.4 is 0 Å². The lowest BCUT2D eigenvalue weighted by atomic mass is 9.97. The quantitative estimate of drug-likeness (QED) is 0.830. The van der Waals surface area contributed by atoms with Gasteiger partial charge in [0.2, 0.25) is 5.91 Å². The first-order valence-corrected chi connectivity index (χ1v) is 7.91. The van der Waals surface area contributed by atoms with Crippen molar-refractivity contribution < 1.29 is 18.0 Å². The van der Waals surface area contributed by atoms with Crippen molar-refractivity contribution in [1.29, 1.82) is 0 Å². The Balaban J connectivity index is 1.88. The third kappa shape index (κ3) is 5.39. The van der Waals surface area contributed by atoms with Gasteiger partial charge < -0.3 is 4.90 Å². The van der Waals surface area contributed by atoms with Crippen molar-refractivity contribution in [3.05, 3.63) is 34.9 Å². The van der Waals surface area contributed by atoms with Gasteiger partial charge in [0.15, 0.2) is 0 Å². The van der Waals surface area contributed by atoms with E-state index in [0.29, 0.717) is 24.5 Å². The fourth-order valence-electron chi connectivity index (χ4n) is 2.80. The van der Waals surface area contributed by atoms with E-state index in [2.05, 4.69) is 0 Å². The molecule has 1 atom stereocenters. The molecule has 3 nitrogen and oxygen atoms in total.